The van der Waals surface area contributed by atoms with Gasteiger partial charge in [0, 0.05) is 28.6 Å². The van der Waals surface area contributed by atoms with Crippen molar-refractivity contribution in [2.45, 2.75) is 32.7 Å². The van der Waals surface area contributed by atoms with Crippen molar-refractivity contribution in [2.75, 3.05) is 6.61 Å². The fourth-order valence-corrected chi connectivity index (χ4v) is 4.53. The number of carbonyl (C=O) groups is 2. The number of aryl methyl sites for hydroxylation is 2. The maximum atomic E-state index is 12.5. The highest BCUT2D eigenvalue weighted by molar-refractivity contribution is 5.96. The predicted octanol–water partition coefficient (Wildman–Crippen LogP) is 7.21. The van der Waals surface area contributed by atoms with Gasteiger partial charge in [-0.25, -0.2) is 9.78 Å². The van der Waals surface area contributed by atoms with Crippen LogP contribution in [0.5, 0.6) is 5.75 Å². The SMILES string of the molecule is C=C/C=C(\C=C)C(=O)NCc1cc(OCCc2nc(-c3cccc(-c4ccccc4)c3)oc2C)ccc1CCC(=O)OF. The minimum absolute atomic E-state index is 0.145. The standard InChI is InChI=1S/C35H33FN2O5/c1-4-10-25(5-2)34(40)37-23-30-22-31(17-15-27(30)16-18-33(39)43-36)41-20-19-32-24(3)42-35(38-32)29-14-9-13-28(21-29)26-11-7-6-8-12-26/h4-15,17,21-22H,1-2,16,18-20,23H2,3H3,(H,37,40)/b25-10+. The molecule has 0 saturated carbocycles. The van der Waals surface area contributed by atoms with E-state index >= 15 is 0 Å². The van der Waals surface area contributed by atoms with Crippen molar-refractivity contribution in [2.24, 2.45) is 0 Å². The van der Waals surface area contributed by atoms with Gasteiger partial charge < -0.3 is 14.5 Å². The minimum atomic E-state index is -0.965. The van der Waals surface area contributed by atoms with Crippen LogP contribution in [0, 0.1) is 6.92 Å². The lowest BCUT2D eigenvalue weighted by molar-refractivity contribution is -0.183. The van der Waals surface area contributed by atoms with Crippen LogP contribution in [0.4, 0.5) is 4.53 Å². The summed E-state index contributed by atoms with van der Waals surface area (Å²) in [7, 11) is 0. The first kappa shape index (κ1) is 30.7. The molecule has 0 unspecified atom stereocenters. The number of nitrogens with one attached hydrogen (secondary N) is 1. The third-order valence-corrected chi connectivity index (χ3v) is 6.80. The third kappa shape index (κ3) is 8.39. The van der Waals surface area contributed by atoms with Gasteiger partial charge in [0.25, 0.3) is 5.91 Å². The van der Waals surface area contributed by atoms with E-state index in [4.69, 9.17) is 14.1 Å². The van der Waals surface area contributed by atoms with Gasteiger partial charge in [-0.1, -0.05) is 79.9 Å². The molecule has 0 saturated heterocycles. The number of amides is 1. The number of carbonyl (C=O) groups excluding carboxylic acids is 2. The topological polar surface area (TPSA) is 90.7 Å². The smallest absolute Gasteiger partial charge is 0.349 e. The van der Waals surface area contributed by atoms with Gasteiger partial charge in [0.05, 0.1) is 18.7 Å². The Labute approximate surface area is 250 Å². The van der Waals surface area contributed by atoms with Crippen LogP contribution in [0.1, 0.15) is 29.0 Å². The summed E-state index contributed by atoms with van der Waals surface area (Å²) in [6.45, 7) is 9.62. The van der Waals surface area contributed by atoms with Gasteiger partial charge in [-0.2, -0.15) is 0 Å². The molecule has 0 aliphatic heterocycles. The molecular weight excluding hydrogens is 547 g/mol. The number of hydrogen-bond acceptors (Lipinski definition) is 6. The molecule has 1 N–H and O–H groups in total. The molecule has 8 heteroatoms. The highest BCUT2D eigenvalue weighted by Crippen LogP contribution is 2.28. The molecule has 4 aromatic rings. The molecule has 43 heavy (non-hydrogen) atoms. The van der Waals surface area contributed by atoms with Crippen LogP contribution in [0.25, 0.3) is 22.6 Å². The fraction of sp³-hybridized carbons (Fsp3) is 0.171. The minimum Gasteiger partial charge on any atom is -0.493 e. The first-order chi connectivity index (χ1) is 20.9. The Balaban J connectivity index is 1.44. The van der Waals surface area contributed by atoms with E-state index in [1.54, 1.807) is 24.3 Å². The predicted molar refractivity (Wildman–Crippen MR) is 164 cm³/mol. The number of benzene rings is 3. The summed E-state index contributed by atoms with van der Waals surface area (Å²) in [5.74, 6) is 0.537. The maximum Gasteiger partial charge on any atom is 0.349 e. The molecule has 3 aromatic carbocycles. The van der Waals surface area contributed by atoms with E-state index in [1.807, 2.05) is 37.3 Å². The quantitative estimate of drug-likeness (QED) is 0.125. The van der Waals surface area contributed by atoms with E-state index in [9.17, 15) is 14.1 Å². The van der Waals surface area contributed by atoms with E-state index in [-0.39, 0.29) is 25.3 Å². The van der Waals surface area contributed by atoms with E-state index in [1.165, 1.54) is 12.2 Å². The number of nitrogens with zero attached hydrogens (tertiary/aromatic N) is 1. The van der Waals surface area contributed by atoms with Crippen LogP contribution >= 0.6 is 0 Å². The van der Waals surface area contributed by atoms with Crippen molar-refractivity contribution in [1.29, 1.82) is 0 Å². The lowest BCUT2D eigenvalue weighted by Crippen LogP contribution is -2.24. The fourth-order valence-electron chi connectivity index (χ4n) is 4.53. The van der Waals surface area contributed by atoms with Crippen LogP contribution in [-0.4, -0.2) is 23.5 Å². The second-order valence-corrected chi connectivity index (χ2v) is 9.69. The molecule has 0 atom stereocenters. The molecule has 0 bridgehead atoms. The largest absolute Gasteiger partial charge is 0.493 e. The summed E-state index contributed by atoms with van der Waals surface area (Å²) in [5.41, 5.74) is 5.70. The number of rotatable bonds is 14. The zero-order valence-electron chi connectivity index (χ0n) is 24.0. The van der Waals surface area contributed by atoms with E-state index in [0.29, 0.717) is 36.0 Å². The molecule has 0 radical (unpaired) electrons. The normalized spacial score (nSPS) is 11.1. The monoisotopic (exact) mass is 580 g/mol. The summed E-state index contributed by atoms with van der Waals surface area (Å²) >= 11 is 0. The van der Waals surface area contributed by atoms with Gasteiger partial charge in [-0.05, 0) is 59.9 Å². The maximum absolute atomic E-state index is 12.5. The Kier molecular flexibility index (Phi) is 10.8. The molecule has 1 heterocycles. The van der Waals surface area contributed by atoms with E-state index in [0.717, 1.165) is 33.5 Å². The van der Waals surface area contributed by atoms with Gasteiger partial charge in [0.15, 0.2) is 0 Å². The van der Waals surface area contributed by atoms with Gasteiger partial charge >= 0.3 is 5.97 Å². The Morgan fingerprint density at radius 3 is 2.47 bits per heavy atom. The van der Waals surface area contributed by atoms with Crippen LogP contribution in [0.15, 0.2) is 114 Å². The second-order valence-electron chi connectivity index (χ2n) is 9.69. The summed E-state index contributed by atoms with van der Waals surface area (Å²) in [6, 6.07) is 23.5. The molecule has 0 aliphatic carbocycles. The van der Waals surface area contributed by atoms with Crippen molar-refractivity contribution < 1.29 is 28.2 Å². The molecule has 4 rings (SSSR count). The van der Waals surface area contributed by atoms with Crippen LogP contribution in [0.3, 0.4) is 0 Å². The Morgan fingerprint density at radius 2 is 1.72 bits per heavy atom. The summed E-state index contributed by atoms with van der Waals surface area (Å²) in [5, 5.41) is 2.83. The number of aromatic nitrogens is 1. The molecular formula is C35H33FN2O5. The molecule has 7 nitrogen and oxygen atoms in total. The second kappa shape index (κ2) is 15.1. The molecule has 220 valence electrons. The summed E-state index contributed by atoms with van der Waals surface area (Å²) in [4.78, 5) is 31.9. The lowest BCUT2D eigenvalue weighted by Gasteiger charge is -2.13. The highest BCUT2D eigenvalue weighted by atomic mass is 19.3. The van der Waals surface area contributed by atoms with Gasteiger partial charge in [-0.15, -0.1) is 0 Å². The van der Waals surface area contributed by atoms with E-state index < -0.39 is 5.97 Å². The van der Waals surface area contributed by atoms with E-state index in [2.05, 4.69) is 47.7 Å². The van der Waals surface area contributed by atoms with Crippen molar-refractivity contribution in [3.63, 3.8) is 0 Å². The summed E-state index contributed by atoms with van der Waals surface area (Å²) in [6.07, 6.45) is 5.09. The Hall–Kier alpha value is -5.24. The average molecular weight is 581 g/mol. The molecule has 1 aromatic heterocycles. The number of halogens is 1. The zero-order valence-corrected chi connectivity index (χ0v) is 24.0. The summed E-state index contributed by atoms with van der Waals surface area (Å²) < 4.78 is 24.3. The number of oxazole rings is 1. The lowest BCUT2D eigenvalue weighted by atomic mass is 10.0. The number of hydrogen-bond donors (Lipinski definition) is 1. The first-order valence-electron chi connectivity index (χ1n) is 13.8. The molecule has 0 fully saturated rings. The van der Waals surface area contributed by atoms with Gasteiger partial charge in [-0.3, -0.25) is 9.74 Å². The van der Waals surface area contributed by atoms with Gasteiger partial charge in [0.1, 0.15) is 11.5 Å². The van der Waals surface area contributed by atoms with Crippen LogP contribution in [-0.2, 0) is 33.9 Å². The first-order valence-corrected chi connectivity index (χ1v) is 13.8. The number of allylic oxidation sites excluding steroid dienone is 2. The van der Waals surface area contributed by atoms with Crippen molar-refractivity contribution in [3.8, 4) is 28.3 Å². The Bertz CT molecular complexity index is 1620. The van der Waals surface area contributed by atoms with Crippen molar-refractivity contribution in [1.82, 2.24) is 10.3 Å². The average Bonchev–Trinajstić information content (AvgIpc) is 3.42. The van der Waals surface area contributed by atoms with Crippen molar-refractivity contribution >= 4 is 11.9 Å². The molecule has 0 aliphatic rings. The zero-order chi connectivity index (χ0) is 30.6. The van der Waals surface area contributed by atoms with Crippen molar-refractivity contribution in [3.05, 3.63) is 132 Å². The molecule has 1 amide bonds. The highest BCUT2D eigenvalue weighted by Gasteiger charge is 2.14. The Morgan fingerprint density at radius 1 is 0.953 bits per heavy atom. The van der Waals surface area contributed by atoms with Crippen LogP contribution < -0.4 is 10.1 Å². The van der Waals surface area contributed by atoms with Crippen LogP contribution in [0.2, 0.25) is 0 Å². The number of ether oxygens (including phenoxy) is 1. The third-order valence-electron chi connectivity index (χ3n) is 6.80. The van der Waals surface area contributed by atoms with Gasteiger partial charge in [0.2, 0.25) is 5.89 Å². The molecule has 0 spiro atoms.